The lowest BCUT2D eigenvalue weighted by Gasteiger charge is -2.23. The van der Waals surface area contributed by atoms with Crippen molar-refractivity contribution in [3.05, 3.63) is 48.3 Å². The number of benzene rings is 1. The Morgan fingerprint density at radius 2 is 2.00 bits per heavy atom. The third-order valence-corrected chi connectivity index (χ3v) is 4.68. The molecular formula is C13H12N4O2S. The molecule has 20 heavy (non-hydrogen) atoms. The fraction of sp³-hybridized carbons (Fsp3) is 0.0769. The molecule has 1 aromatic carbocycles. The molecule has 6 nitrogen and oxygen atoms in total. The van der Waals surface area contributed by atoms with Crippen LogP contribution in [0.1, 0.15) is 5.69 Å². The second kappa shape index (κ2) is 4.61. The van der Waals surface area contributed by atoms with Gasteiger partial charge in [0.05, 0.1) is 17.9 Å². The summed E-state index contributed by atoms with van der Waals surface area (Å²) in [6.07, 6.45) is 2.86. The zero-order valence-electron chi connectivity index (χ0n) is 10.5. The maximum atomic E-state index is 12.5. The molecule has 0 amide bonds. The SMILES string of the molecule is Nc1ccnc(CN2C=Nc3ccccc3S2(=O)=O)c1. The van der Waals surface area contributed by atoms with E-state index in [0.717, 1.165) is 4.31 Å². The van der Waals surface area contributed by atoms with E-state index >= 15 is 0 Å². The van der Waals surface area contributed by atoms with E-state index in [1.54, 1.807) is 42.6 Å². The molecule has 0 spiro atoms. The lowest BCUT2D eigenvalue weighted by Crippen LogP contribution is -2.31. The van der Waals surface area contributed by atoms with Crippen LogP contribution in [0.25, 0.3) is 0 Å². The first-order valence-corrected chi connectivity index (χ1v) is 7.37. The molecule has 0 radical (unpaired) electrons. The second-order valence-corrected chi connectivity index (χ2v) is 6.20. The number of aromatic nitrogens is 1. The lowest BCUT2D eigenvalue weighted by atomic mass is 10.3. The number of nitrogens with two attached hydrogens (primary N) is 1. The van der Waals surface area contributed by atoms with Crippen LogP contribution in [0.2, 0.25) is 0 Å². The van der Waals surface area contributed by atoms with Gasteiger partial charge in [-0.1, -0.05) is 12.1 Å². The van der Waals surface area contributed by atoms with Crippen LogP contribution in [0, 0.1) is 0 Å². The fourth-order valence-corrected chi connectivity index (χ4v) is 3.33. The molecule has 0 bridgehead atoms. The van der Waals surface area contributed by atoms with Crippen molar-refractivity contribution in [3.63, 3.8) is 0 Å². The minimum absolute atomic E-state index is 0.102. The lowest BCUT2D eigenvalue weighted by molar-refractivity contribution is 0.518. The Morgan fingerprint density at radius 1 is 1.20 bits per heavy atom. The van der Waals surface area contributed by atoms with Crippen LogP contribution in [0.4, 0.5) is 11.4 Å². The molecule has 0 saturated carbocycles. The van der Waals surface area contributed by atoms with Gasteiger partial charge in [-0.05, 0) is 24.3 Å². The van der Waals surface area contributed by atoms with Gasteiger partial charge in [-0.25, -0.2) is 13.4 Å². The monoisotopic (exact) mass is 288 g/mol. The molecule has 102 valence electrons. The molecule has 1 aliphatic rings. The number of sulfonamides is 1. The van der Waals surface area contributed by atoms with E-state index < -0.39 is 10.0 Å². The molecule has 0 aliphatic carbocycles. The van der Waals surface area contributed by atoms with Gasteiger partial charge in [0, 0.05) is 11.9 Å². The van der Waals surface area contributed by atoms with Gasteiger partial charge in [0.25, 0.3) is 10.0 Å². The van der Waals surface area contributed by atoms with Crippen LogP contribution in [-0.4, -0.2) is 24.0 Å². The summed E-state index contributed by atoms with van der Waals surface area (Å²) in [6.45, 7) is 0.102. The summed E-state index contributed by atoms with van der Waals surface area (Å²) in [7, 11) is -3.59. The summed E-state index contributed by atoms with van der Waals surface area (Å²) in [5.41, 5.74) is 7.23. The Labute approximate surface area is 116 Å². The summed E-state index contributed by atoms with van der Waals surface area (Å²) < 4.78 is 26.1. The molecule has 3 rings (SSSR count). The van der Waals surface area contributed by atoms with Crippen LogP contribution in [0.15, 0.2) is 52.5 Å². The highest BCUT2D eigenvalue weighted by molar-refractivity contribution is 7.89. The molecule has 0 saturated heterocycles. The number of nitrogen functional groups attached to an aromatic ring is 1. The first kappa shape index (κ1) is 12.6. The minimum atomic E-state index is -3.59. The summed E-state index contributed by atoms with van der Waals surface area (Å²) in [6, 6.07) is 9.93. The summed E-state index contributed by atoms with van der Waals surface area (Å²) in [4.78, 5) is 8.46. The maximum Gasteiger partial charge on any atom is 0.267 e. The van der Waals surface area contributed by atoms with Crippen LogP contribution in [-0.2, 0) is 16.6 Å². The largest absolute Gasteiger partial charge is 0.399 e. The highest BCUT2D eigenvalue weighted by Gasteiger charge is 2.28. The smallest absolute Gasteiger partial charge is 0.267 e. The van der Waals surface area contributed by atoms with Gasteiger partial charge in [0.2, 0.25) is 0 Å². The third kappa shape index (κ3) is 2.12. The molecule has 2 N–H and O–H groups in total. The quantitative estimate of drug-likeness (QED) is 0.907. The number of anilines is 1. The number of rotatable bonds is 2. The summed E-state index contributed by atoms with van der Waals surface area (Å²) in [5.74, 6) is 0. The molecule has 0 atom stereocenters. The van der Waals surface area contributed by atoms with Crippen LogP contribution >= 0.6 is 0 Å². The van der Waals surface area contributed by atoms with Crippen molar-refractivity contribution in [2.75, 3.05) is 5.73 Å². The van der Waals surface area contributed by atoms with Gasteiger partial charge >= 0.3 is 0 Å². The number of para-hydroxylation sites is 1. The topological polar surface area (TPSA) is 88.7 Å². The van der Waals surface area contributed by atoms with Crippen molar-refractivity contribution in [2.45, 2.75) is 11.4 Å². The number of hydrogen-bond acceptors (Lipinski definition) is 5. The predicted molar refractivity (Wildman–Crippen MR) is 76.0 cm³/mol. The summed E-state index contributed by atoms with van der Waals surface area (Å²) >= 11 is 0. The van der Waals surface area contributed by atoms with E-state index in [9.17, 15) is 8.42 Å². The normalized spacial score (nSPS) is 15.9. The molecule has 1 aliphatic heterocycles. The zero-order valence-corrected chi connectivity index (χ0v) is 11.3. The maximum absolute atomic E-state index is 12.5. The van der Waals surface area contributed by atoms with E-state index in [-0.39, 0.29) is 11.4 Å². The van der Waals surface area contributed by atoms with Crippen molar-refractivity contribution in [2.24, 2.45) is 4.99 Å². The fourth-order valence-electron chi connectivity index (χ4n) is 1.97. The van der Waals surface area contributed by atoms with E-state index in [0.29, 0.717) is 17.1 Å². The number of aliphatic imine (C=N–C) groups is 1. The second-order valence-electron chi connectivity index (χ2n) is 4.34. The average molecular weight is 288 g/mol. The Bertz CT molecular complexity index is 786. The van der Waals surface area contributed by atoms with Crippen molar-refractivity contribution in [3.8, 4) is 0 Å². The number of nitrogens with zero attached hydrogens (tertiary/aromatic N) is 3. The van der Waals surface area contributed by atoms with E-state index in [1.165, 1.54) is 6.34 Å². The molecule has 0 unspecified atom stereocenters. The van der Waals surface area contributed by atoms with Gasteiger partial charge in [-0.15, -0.1) is 0 Å². The Kier molecular flexibility index (Phi) is 2.90. The summed E-state index contributed by atoms with van der Waals surface area (Å²) in [5, 5.41) is 0. The highest BCUT2D eigenvalue weighted by Crippen LogP contribution is 2.30. The molecular weight excluding hydrogens is 276 g/mol. The highest BCUT2D eigenvalue weighted by atomic mass is 32.2. The van der Waals surface area contributed by atoms with Gasteiger partial charge in [0.15, 0.2) is 0 Å². The Morgan fingerprint density at radius 3 is 2.80 bits per heavy atom. The molecule has 1 aromatic heterocycles. The molecule has 0 fully saturated rings. The van der Waals surface area contributed by atoms with Crippen molar-refractivity contribution >= 4 is 27.7 Å². The number of fused-ring (bicyclic) bond motifs is 1. The van der Waals surface area contributed by atoms with Crippen molar-refractivity contribution < 1.29 is 8.42 Å². The Hall–Kier alpha value is -2.41. The average Bonchev–Trinajstić information content (AvgIpc) is 2.42. The van der Waals surface area contributed by atoms with Crippen molar-refractivity contribution in [1.29, 1.82) is 0 Å². The standard InChI is InChI=1S/C13H12N4O2S/c14-10-5-6-15-11(7-10)8-17-9-16-12-3-1-2-4-13(12)20(17,18)19/h1-7,9H,8H2,(H2,14,15). The van der Waals surface area contributed by atoms with E-state index in [2.05, 4.69) is 9.98 Å². The Balaban J connectivity index is 1.98. The van der Waals surface area contributed by atoms with Gasteiger partial charge in [0.1, 0.15) is 11.2 Å². The number of hydrogen-bond donors (Lipinski definition) is 1. The van der Waals surface area contributed by atoms with Gasteiger partial charge in [-0.2, -0.15) is 0 Å². The first-order chi connectivity index (χ1) is 9.57. The predicted octanol–water partition coefficient (Wildman–Crippen LogP) is 1.53. The van der Waals surface area contributed by atoms with Crippen LogP contribution in [0.5, 0.6) is 0 Å². The van der Waals surface area contributed by atoms with Crippen LogP contribution < -0.4 is 5.73 Å². The van der Waals surface area contributed by atoms with Crippen molar-refractivity contribution in [1.82, 2.24) is 9.29 Å². The van der Waals surface area contributed by atoms with Gasteiger partial charge < -0.3 is 5.73 Å². The van der Waals surface area contributed by atoms with Crippen LogP contribution in [0.3, 0.4) is 0 Å². The van der Waals surface area contributed by atoms with E-state index in [1.807, 2.05) is 0 Å². The molecule has 2 heterocycles. The zero-order chi connectivity index (χ0) is 14.2. The van der Waals surface area contributed by atoms with E-state index in [4.69, 9.17) is 5.73 Å². The molecule has 2 aromatic rings. The third-order valence-electron chi connectivity index (χ3n) is 2.94. The minimum Gasteiger partial charge on any atom is -0.399 e. The first-order valence-electron chi connectivity index (χ1n) is 5.93. The number of pyridine rings is 1. The van der Waals surface area contributed by atoms with Gasteiger partial charge in [-0.3, -0.25) is 9.29 Å². The molecule has 7 heteroatoms.